The number of amides is 1. The van der Waals surface area contributed by atoms with Crippen LogP contribution in [0.1, 0.15) is 98.1 Å². The van der Waals surface area contributed by atoms with Crippen LogP contribution < -0.4 is 15.8 Å². The second-order valence-corrected chi connectivity index (χ2v) is 10.6. The van der Waals surface area contributed by atoms with Crippen LogP contribution >= 0.6 is 11.6 Å². The predicted molar refractivity (Wildman–Crippen MR) is 133 cm³/mol. The molecule has 1 aromatic rings. The topological polar surface area (TPSA) is 64.3 Å². The summed E-state index contributed by atoms with van der Waals surface area (Å²) in [5.41, 5.74) is 8.08. The average Bonchev–Trinajstić information content (AvgIpc) is 2.73. The maximum absolute atomic E-state index is 12.2. The Kier molecular flexibility index (Phi) is 11.4. The molecule has 1 aromatic carbocycles. The van der Waals surface area contributed by atoms with Crippen LogP contribution in [0.2, 0.25) is 0 Å². The lowest BCUT2D eigenvalue weighted by atomic mass is 9.76. The number of alkyl halides is 1. The number of benzene rings is 1. The summed E-state index contributed by atoms with van der Waals surface area (Å²) in [7, 11) is 0. The Morgan fingerprint density at radius 3 is 2.29 bits per heavy atom. The maximum Gasteiger partial charge on any atom is 0.258 e. The van der Waals surface area contributed by atoms with Crippen molar-refractivity contribution in [3.63, 3.8) is 0 Å². The minimum absolute atomic E-state index is 0.0743. The minimum Gasteiger partial charge on any atom is -0.480 e. The summed E-state index contributed by atoms with van der Waals surface area (Å²) >= 11 is 6.51. The van der Waals surface area contributed by atoms with Crippen molar-refractivity contribution < 1.29 is 9.53 Å². The van der Waals surface area contributed by atoms with Crippen LogP contribution in [0.15, 0.2) is 18.2 Å². The van der Waals surface area contributed by atoms with Crippen LogP contribution in [0, 0.1) is 0 Å². The Labute approximate surface area is 195 Å². The molecule has 5 heteroatoms. The van der Waals surface area contributed by atoms with Crippen LogP contribution in [-0.4, -0.2) is 30.5 Å². The fourth-order valence-electron chi connectivity index (χ4n) is 3.43. The first-order valence-corrected chi connectivity index (χ1v) is 12.4. The van der Waals surface area contributed by atoms with E-state index in [-0.39, 0.29) is 16.2 Å². The highest BCUT2D eigenvalue weighted by Gasteiger charge is 2.29. The van der Waals surface area contributed by atoms with E-state index in [9.17, 15) is 4.79 Å². The first-order chi connectivity index (χ1) is 14.5. The number of nitrogens with two attached hydrogens (primary N) is 1. The van der Waals surface area contributed by atoms with Crippen LogP contribution in [0.3, 0.4) is 0 Å². The van der Waals surface area contributed by atoms with Gasteiger partial charge >= 0.3 is 0 Å². The molecule has 0 aliphatic carbocycles. The molecule has 4 nitrogen and oxygen atoms in total. The third-order valence-electron chi connectivity index (χ3n) is 6.64. The summed E-state index contributed by atoms with van der Waals surface area (Å²) < 4.78 is 6.23. The van der Waals surface area contributed by atoms with Gasteiger partial charge in [-0.15, -0.1) is 11.6 Å². The van der Waals surface area contributed by atoms with Crippen molar-refractivity contribution in [2.75, 3.05) is 13.1 Å². The van der Waals surface area contributed by atoms with E-state index in [0.29, 0.717) is 13.0 Å². The highest BCUT2D eigenvalue weighted by Crippen LogP contribution is 2.39. The van der Waals surface area contributed by atoms with E-state index >= 15 is 0 Å². The van der Waals surface area contributed by atoms with Crippen LogP contribution in [-0.2, 0) is 15.6 Å². The van der Waals surface area contributed by atoms with Gasteiger partial charge in [-0.05, 0) is 48.3 Å². The van der Waals surface area contributed by atoms with Gasteiger partial charge in [0.2, 0.25) is 0 Å². The SMILES string of the molecule is CCCCCNCC(Cl)CC(Oc1ccc(C(C)(C)CC)cc1C(C)(C)CC)C(N)=O. The Morgan fingerprint density at radius 2 is 1.74 bits per heavy atom. The molecule has 178 valence electrons. The molecule has 0 aromatic heterocycles. The standard InChI is InChI=1S/C26H45ClN2O2/c1-8-11-12-15-29-18-20(27)17-23(24(28)30)31-22-14-13-19(25(4,5)9-2)16-21(22)26(6,7)10-3/h13-14,16,20,23,29H,8-12,15,17-18H2,1-7H3,(H2,28,30). The summed E-state index contributed by atoms with van der Waals surface area (Å²) in [6.45, 7) is 17.1. The van der Waals surface area contributed by atoms with E-state index in [2.05, 4.69) is 65.9 Å². The van der Waals surface area contributed by atoms with Crippen molar-refractivity contribution in [1.29, 1.82) is 0 Å². The van der Waals surface area contributed by atoms with Gasteiger partial charge in [-0.3, -0.25) is 4.79 Å². The van der Waals surface area contributed by atoms with Crippen molar-refractivity contribution >= 4 is 17.5 Å². The quantitative estimate of drug-likeness (QED) is 0.250. The highest BCUT2D eigenvalue weighted by atomic mass is 35.5. The zero-order valence-electron chi connectivity index (χ0n) is 20.8. The number of hydrogen-bond donors (Lipinski definition) is 2. The summed E-state index contributed by atoms with van der Waals surface area (Å²) in [6, 6.07) is 6.36. The molecule has 0 spiro atoms. The van der Waals surface area contributed by atoms with E-state index in [1.165, 1.54) is 18.4 Å². The van der Waals surface area contributed by atoms with Gasteiger partial charge in [0.1, 0.15) is 5.75 Å². The molecule has 0 saturated heterocycles. The molecule has 0 fully saturated rings. The van der Waals surface area contributed by atoms with Gasteiger partial charge in [-0.2, -0.15) is 0 Å². The third-order valence-corrected chi connectivity index (χ3v) is 6.97. The van der Waals surface area contributed by atoms with Crippen molar-refractivity contribution in [3.8, 4) is 5.75 Å². The third kappa shape index (κ3) is 8.65. The lowest BCUT2D eigenvalue weighted by molar-refractivity contribution is -0.125. The second-order valence-electron chi connectivity index (χ2n) is 9.94. The second kappa shape index (κ2) is 12.7. The summed E-state index contributed by atoms with van der Waals surface area (Å²) in [5, 5.41) is 3.14. The Hall–Kier alpha value is -1.26. The number of carbonyl (C=O) groups excluding carboxylic acids is 1. The molecular formula is C26H45ClN2O2. The van der Waals surface area contributed by atoms with Crippen LogP contribution in [0.4, 0.5) is 0 Å². The van der Waals surface area contributed by atoms with E-state index in [1.54, 1.807) is 0 Å². The molecule has 0 aliphatic heterocycles. The van der Waals surface area contributed by atoms with Gasteiger partial charge < -0.3 is 15.8 Å². The number of nitrogens with one attached hydrogen (secondary N) is 1. The molecule has 0 aliphatic rings. The van der Waals surface area contributed by atoms with Crippen LogP contribution in [0.5, 0.6) is 5.75 Å². The lowest BCUT2D eigenvalue weighted by Crippen LogP contribution is -2.38. The number of halogens is 1. The zero-order valence-corrected chi connectivity index (χ0v) is 21.6. The van der Waals surface area contributed by atoms with Gasteiger partial charge in [-0.25, -0.2) is 0 Å². The smallest absolute Gasteiger partial charge is 0.258 e. The molecule has 1 rings (SSSR count). The van der Waals surface area contributed by atoms with Crippen molar-refractivity contribution in [3.05, 3.63) is 29.3 Å². The number of hydrogen-bond acceptors (Lipinski definition) is 3. The molecular weight excluding hydrogens is 408 g/mol. The Bertz CT molecular complexity index is 688. The van der Waals surface area contributed by atoms with E-state index in [4.69, 9.17) is 22.1 Å². The van der Waals surface area contributed by atoms with Gasteiger partial charge in [0.05, 0.1) is 5.38 Å². The van der Waals surface area contributed by atoms with Crippen LogP contribution in [0.25, 0.3) is 0 Å². The van der Waals surface area contributed by atoms with Gasteiger partial charge in [0.25, 0.3) is 5.91 Å². The zero-order chi connectivity index (χ0) is 23.7. The minimum atomic E-state index is -0.753. The number of ether oxygens (including phenoxy) is 1. The molecule has 31 heavy (non-hydrogen) atoms. The molecule has 3 N–H and O–H groups in total. The molecule has 1 amide bonds. The highest BCUT2D eigenvalue weighted by molar-refractivity contribution is 6.21. The maximum atomic E-state index is 12.2. The average molecular weight is 453 g/mol. The van der Waals surface area contributed by atoms with E-state index < -0.39 is 12.0 Å². The van der Waals surface area contributed by atoms with Gasteiger partial charge in [0, 0.05) is 18.5 Å². The molecule has 2 atom stereocenters. The first kappa shape index (κ1) is 27.8. The molecule has 0 saturated carbocycles. The normalized spacial score (nSPS) is 14.3. The Balaban J connectivity index is 3.03. The van der Waals surface area contributed by atoms with Crippen molar-refractivity contribution in [1.82, 2.24) is 5.32 Å². The van der Waals surface area contributed by atoms with E-state index in [1.807, 2.05) is 6.07 Å². The Morgan fingerprint density at radius 1 is 1.10 bits per heavy atom. The summed E-state index contributed by atoms with van der Waals surface area (Å²) in [4.78, 5) is 12.2. The summed E-state index contributed by atoms with van der Waals surface area (Å²) in [5.74, 6) is 0.251. The summed E-state index contributed by atoms with van der Waals surface area (Å²) in [6.07, 6.45) is 5.15. The molecule has 0 bridgehead atoms. The predicted octanol–water partition coefficient (Wildman–Crippen LogP) is 6.07. The molecule has 0 radical (unpaired) electrons. The first-order valence-electron chi connectivity index (χ1n) is 11.9. The number of rotatable bonds is 15. The fourth-order valence-corrected chi connectivity index (χ4v) is 3.70. The van der Waals surface area contributed by atoms with Gasteiger partial charge in [0.15, 0.2) is 6.10 Å². The number of primary amides is 1. The number of unbranched alkanes of at least 4 members (excludes halogenated alkanes) is 2. The fraction of sp³-hybridized carbons (Fsp3) is 0.731. The number of carbonyl (C=O) groups is 1. The lowest BCUT2D eigenvalue weighted by Gasteiger charge is -2.31. The largest absolute Gasteiger partial charge is 0.480 e. The van der Waals surface area contributed by atoms with Gasteiger partial charge in [-0.1, -0.05) is 73.4 Å². The van der Waals surface area contributed by atoms with Crippen molar-refractivity contribution in [2.45, 2.75) is 109 Å². The van der Waals surface area contributed by atoms with Crippen molar-refractivity contribution in [2.24, 2.45) is 5.73 Å². The molecule has 0 heterocycles. The monoisotopic (exact) mass is 452 g/mol. The molecule has 2 unspecified atom stereocenters. The van der Waals surface area contributed by atoms with E-state index in [0.717, 1.165) is 37.1 Å².